The average Bonchev–Trinajstić information content (AvgIpc) is 0.811. The first-order chi connectivity index (χ1) is 1.73. The number of hydrogen-bond acceptors (Lipinski definition) is 2. The maximum absolute atomic E-state index is 8.44. The maximum atomic E-state index is 8.44. The average molecular weight is 188 g/mol. The molecular formula is CH7F6LiO3. The van der Waals surface area contributed by atoms with E-state index in [4.69, 9.17) is 15.0 Å². The van der Waals surface area contributed by atoms with Crippen molar-refractivity contribution in [3.63, 3.8) is 0 Å². The van der Waals surface area contributed by atoms with E-state index >= 15 is 0 Å². The Morgan fingerprint density at radius 3 is 0.909 bits per heavy atom. The Hall–Kier alpha value is -0.553. The normalized spacial score (nSPS) is 2.18. The van der Waals surface area contributed by atoms with E-state index in [1.807, 2.05) is 0 Å². The molecule has 0 unspecified atom stereocenters. The molecule has 0 saturated heterocycles. The summed E-state index contributed by atoms with van der Waals surface area (Å²) in [7, 11) is 0. The number of halogens is 6. The molecule has 0 saturated carbocycles. The summed E-state index contributed by atoms with van der Waals surface area (Å²) < 4.78 is 0. The smallest absolute Gasteiger partial charge is 0.565 e. The van der Waals surface area contributed by atoms with Crippen molar-refractivity contribution in [3.8, 4) is 0 Å². The standard InChI is InChI=1S/CH2O3.6FH.Li/c2-1(3)4;;;;;;;/h(H2,2,3,4);6*1H;/q;;;;;;;+1/p-1. The van der Waals surface area contributed by atoms with E-state index in [0.717, 1.165) is 0 Å². The second-order valence-corrected chi connectivity index (χ2v) is 0.266. The zero-order chi connectivity index (χ0) is 3.58. The molecule has 0 aliphatic rings. The van der Waals surface area contributed by atoms with Crippen LogP contribution in [-0.2, 0) is 0 Å². The van der Waals surface area contributed by atoms with Crippen LogP contribution in [0.15, 0.2) is 0 Å². The van der Waals surface area contributed by atoms with Gasteiger partial charge >= 0.3 is 18.9 Å². The van der Waals surface area contributed by atoms with Crippen LogP contribution in [0.4, 0.5) is 33.0 Å². The van der Waals surface area contributed by atoms with Gasteiger partial charge in [0, 0.05) is 0 Å². The van der Waals surface area contributed by atoms with E-state index in [1.165, 1.54) is 0 Å². The first-order valence-corrected chi connectivity index (χ1v) is 0.632. The largest absolute Gasteiger partial charge is 1.00 e. The van der Waals surface area contributed by atoms with Crippen LogP contribution in [0.25, 0.3) is 0 Å². The molecule has 3 nitrogen and oxygen atoms in total. The van der Waals surface area contributed by atoms with Crippen LogP contribution in [0.5, 0.6) is 0 Å². The van der Waals surface area contributed by atoms with Gasteiger partial charge < -0.3 is 15.0 Å². The molecule has 0 spiro atoms. The molecule has 0 fully saturated rings. The molecule has 72 valence electrons. The van der Waals surface area contributed by atoms with E-state index in [1.54, 1.807) is 0 Å². The molecule has 0 aromatic carbocycles. The molecule has 0 bridgehead atoms. The first-order valence-electron chi connectivity index (χ1n) is 0.632. The Kier molecular flexibility index (Phi) is 1590. The second-order valence-electron chi connectivity index (χ2n) is 0.266. The first kappa shape index (κ1) is 156. The number of carboxylic acid groups (broad SMARTS) is 2. The third-order valence-electron chi connectivity index (χ3n) is 0. The summed E-state index contributed by atoms with van der Waals surface area (Å²) >= 11 is 0. The molecular weight excluding hydrogens is 181 g/mol. The Balaban J connectivity index is -0.00000000214. The summed E-state index contributed by atoms with van der Waals surface area (Å²) in [5, 5.41) is 15.3. The number of rotatable bonds is 0. The van der Waals surface area contributed by atoms with Crippen LogP contribution in [0.1, 0.15) is 0 Å². The van der Waals surface area contributed by atoms with Gasteiger partial charge in [-0.05, 0) is 0 Å². The van der Waals surface area contributed by atoms with Crippen molar-refractivity contribution in [2.45, 2.75) is 0 Å². The van der Waals surface area contributed by atoms with E-state index < -0.39 is 6.16 Å². The van der Waals surface area contributed by atoms with Crippen molar-refractivity contribution in [2.75, 3.05) is 0 Å². The van der Waals surface area contributed by atoms with Crippen LogP contribution in [0.2, 0.25) is 0 Å². The molecule has 0 aromatic heterocycles. The zero-order valence-electron chi connectivity index (χ0n) is 5.21. The van der Waals surface area contributed by atoms with E-state index in [0.29, 0.717) is 0 Å². The van der Waals surface area contributed by atoms with Gasteiger partial charge in [0.25, 0.3) is 0 Å². The fourth-order valence-corrected chi connectivity index (χ4v) is 0. The van der Waals surface area contributed by atoms with E-state index in [9.17, 15) is 0 Å². The quantitative estimate of drug-likeness (QED) is 0.322. The topological polar surface area (TPSA) is 60.4 Å². The van der Waals surface area contributed by atoms with Crippen molar-refractivity contribution in [1.82, 2.24) is 0 Å². The minimum absolute atomic E-state index is 0. The Morgan fingerprint density at radius 1 is 0.909 bits per heavy atom. The van der Waals surface area contributed by atoms with Crippen molar-refractivity contribution in [2.24, 2.45) is 0 Å². The summed E-state index contributed by atoms with van der Waals surface area (Å²) in [4.78, 5) is 8.44. The van der Waals surface area contributed by atoms with Gasteiger partial charge in [0.05, 0.1) is 0 Å². The third-order valence-corrected chi connectivity index (χ3v) is 0. The Labute approximate surface area is 69.2 Å². The van der Waals surface area contributed by atoms with Gasteiger partial charge in [-0.25, -0.2) is 0 Å². The molecule has 0 rings (SSSR count). The predicted octanol–water partition coefficient (Wildman–Crippen LogP) is -3.19. The zero-order valence-corrected chi connectivity index (χ0v) is 5.21. The molecule has 0 aliphatic carbocycles. The van der Waals surface area contributed by atoms with Crippen molar-refractivity contribution in [1.29, 1.82) is 0 Å². The van der Waals surface area contributed by atoms with E-state index in [-0.39, 0.29) is 47.1 Å². The molecule has 10 heteroatoms. The van der Waals surface area contributed by atoms with Crippen molar-refractivity contribution < 1.29 is 62.1 Å². The molecule has 1 N–H and O–H groups in total. The maximum Gasteiger partial charge on any atom is 1.00 e. The van der Waals surface area contributed by atoms with Gasteiger partial charge in [-0.1, -0.05) is 0 Å². The Bertz CT molecular complexity index is 40.8. The molecule has 0 atom stereocenters. The number of carbonyl (C=O) groups is 1. The summed E-state index contributed by atoms with van der Waals surface area (Å²) in [6.07, 6.45) is -2.08. The molecule has 0 aromatic rings. The minimum atomic E-state index is -2.08. The summed E-state index contributed by atoms with van der Waals surface area (Å²) in [6, 6.07) is 0. The number of hydrogen-bond donors (Lipinski definition) is 1. The van der Waals surface area contributed by atoms with Crippen molar-refractivity contribution >= 4 is 6.16 Å². The van der Waals surface area contributed by atoms with Gasteiger partial charge in [0.15, 0.2) is 0 Å². The molecule has 0 heterocycles. The summed E-state index contributed by atoms with van der Waals surface area (Å²) in [6.45, 7) is 0. The summed E-state index contributed by atoms with van der Waals surface area (Å²) in [5.74, 6) is 0. The fraction of sp³-hybridized carbons (Fsp3) is 0. The molecule has 0 amide bonds. The van der Waals surface area contributed by atoms with Gasteiger partial charge in [0.1, 0.15) is 0 Å². The molecule has 0 radical (unpaired) electrons. The minimum Gasteiger partial charge on any atom is -0.565 e. The molecule has 0 aliphatic heterocycles. The van der Waals surface area contributed by atoms with Crippen LogP contribution in [0, 0.1) is 0 Å². The van der Waals surface area contributed by atoms with Crippen LogP contribution in [0.3, 0.4) is 0 Å². The van der Waals surface area contributed by atoms with Crippen LogP contribution >= 0.6 is 0 Å². The van der Waals surface area contributed by atoms with Gasteiger partial charge in [0.2, 0.25) is 6.16 Å². The Morgan fingerprint density at radius 2 is 0.909 bits per heavy atom. The third kappa shape index (κ3) is 1720. The monoisotopic (exact) mass is 188 g/mol. The van der Waals surface area contributed by atoms with Gasteiger partial charge in [-0.3, -0.25) is 28.2 Å². The van der Waals surface area contributed by atoms with Crippen LogP contribution in [-0.4, -0.2) is 11.3 Å². The second kappa shape index (κ2) is 113. The molecule has 11 heavy (non-hydrogen) atoms. The van der Waals surface area contributed by atoms with Gasteiger partial charge in [-0.2, -0.15) is 0 Å². The fourth-order valence-electron chi connectivity index (χ4n) is 0. The van der Waals surface area contributed by atoms with Crippen molar-refractivity contribution in [3.05, 3.63) is 0 Å². The van der Waals surface area contributed by atoms with Gasteiger partial charge in [-0.15, -0.1) is 0 Å². The van der Waals surface area contributed by atoms with E-state index in [2.05, 4.69) is 0 Å². The predicted molar refractivity (Wildman–Crippen MR) is 23.0 cm³/mol. The summed E-state index contributed by atoms with van der Waals surface area (Å²) in [5.41, 5.74) is 0. The van der Waals surface area contributed by atoms with Crippen LogP contribution < -0.4 is 24.0 Å². The SMILES string of the molecule is F.F.F.F.F.F.O=C([O-])O.[Li+].